The Morgan fingerprint density at radius 3 is 2.19 bits per heavy atom. The largest absolute Gasteiger partial charge is 0.466 e. The zero-order valence-corrected chi connectivity index (χ0v) is 20.2. The van der Waals surface area contributed by atoms with E-state index in [9.17, 15) is 9.59 Å². The van der Waals surface area contributed by atoms with Crippen molar-refractivity contribution in [3.8, 4) is 22.5 Å². The van der Waals surface area contributed by atoms with Gasteiger partial charge in [-0.1, -0.05) is 83.9 Å². The van der Waals surface area contributed by atoms with Gasteiger partial charge in [-0.15, -0.1) is 0 Å². The van der Waals surface area contributed by atoms with Crippen molar-refractivity contribution in [3.05, 3.63) is 101 Å². The molecule has 0 spiro atoms. The van der Waals surface area contributed by atoms with Gasteiger partial charge in [0.1, 0.15) is 6.08 Å². The van der Waals surface area contributed by atoms with Crippen LogP contribution in [0.1, 0.15) is 50.5 Å². The van der Waals surface area contributed by atoms with Crippen LogP contribution in [0.5, 0.6) is 0 Å². The molecule has 0 bridgehead atoms. The maximum absolute atomic E-state index is 13.0. The quantitative estimate of drug-likeness (QED) is 0.258. The van der Waals surface area contributed by atoms with E-state index in [0.29, 0.717) is 29.2 Å². The lowest BCUT2D eigenvalue weighted by molar-refractivity contribution is -0.147. The Bertz CT molecular complexity index is 1600. The minimum absolute atomic E-state index is 0.199. The maximum atomic E-state index is 13.0. The van der Waals surface area contributed by atoms with Crippen molar-refractivity contribution in [3.63, 3.8) is 0 Å². The maximum Gasteiger partial charge on any atom is 0.311 e. The van der Waals surface area contributed by atoms with Gasteiger partial charge in [-0.3, -0.25) is 9.59 Å². The number of carbonyl (C=O) groups excluding carboxylic acids is 2. The van der Waals surface area contributed by atoms with Crippen LogP contribution in [-0.4, -0.2) is 23.7 Å². The monoisotopic (exact) mass is 489 g/mol. The topological polar surface area (TPSA) is 78.6 Å². The molecule has 0 aliphatic rings. The van der Waals surface area contributed by atoms with Crippen molar-refractivity contribution in [2.24, 2.45) is 0 Å². The van der Waals surface area contributed by atoms with Gasteiger partial charge in [-0.25, -0.2) is 0 Å². The lowest BCUT2D eigenvalue weighted by atomic mass is 9.99. The number of rotatable bonds is 9. The molecule has 1 atom stereocenters. The third kappa shape index (κ3) is 6.08. The van der Waals surface area contributed by atoms with Crippen molar-refractivity contribution in [1.29, 1.82) is 0 Å². The van der Waals surface area contributed by atoms with E-state index in [4.69, 9.17) is 22.2 Å². The standard InChI is InChI=1S/C30H29NO5/c1-4-34-28(32)18-22-10-12-24(13-11-22)25-14-16-26(17-15-25)30-27(20(2)31-36-30)19-29(33)35-21(3)23-8-6-5-7-9-23/h5-17,21H,4,18-19H2,1-3H3/i5D,6D,7D,8D,9D,21D. The number of aryl methyl sites for hydroxylation is 1. The summed E-state index contributed by atoms with van der Waals surface area (Å²) in [5.74, 6) is -0.792. The molecule has 36 heavy (non-hydrogen) atoms. The van der Waals surface area contributed by atoms with Gasteiger partial charge in [0.25, 0.3) is 0 Å². The molecular weight excluding hydrogens is 454 g/mol. The van der Waals surface area contributed by atoms with Crippen LogP contribution < -0.4 is 0 Å². The molecule has 0 N–H and O–H groups in total. The summed E-state index contributed by atoms with van der Waals surface area (Å²) in [6.07, 6.45) is -2.37. The SMILES string of the molecule is [2H]c1c([2H])c([2H])c(C([2H])(C)OC(=O)Cc2c(C)noc2-c2ccc(-c3ccc(CC(=O)OCC)cc3)cc2)c([2H])c1[2H]. The van der Waals surface area contributed by atoms with Crippen LogP contribution in [0.15, 0.2) is 83.3 Å². The molecular formula is C30H29NO5. The highest BCUT2D eigenvalue weighted by Gasteiger charge is 2.20. The lowest BCUT2D eigenvalue weighted by Crippen LogP contribution is -2.12. The summed E-state index contributed by atoms with van der Waals surface area (Å²) in [5, 5.41) is 3.99. The Balaban J connectivity index is 1.51. The molecule has 4 aromatic rings. The fourth-order valence-corrected chi connectivity index (χ4v) is 3.66. The van der Waals surface area contributed by atoms with Gasteiger partial charge < -0.3 is 14.0 Å². The normalized spacial score (nSPS) is 14.9. The third-order valence-corrected chi connectivity index (χ3v) is 5.51. The van der Waals surface area contributed by atoms with Crippen molar-refractivity contribution >= 4 is 11.9 Å². The van der Waals surface area contributed by atoms with Gasteiger partial charge in [-0.05, 0) is 43.0 Å². The smallest absolute Gasteiger partial charge is 0.311 e. The van der Waals surface area contributed by atoms with Crippen LogP contribution >= 0.6 is 0 Å². The zero-order valence-electron chi connectivity index (χ0n) is 26.2. The minimum Gasteiger partial charge on any atom is -0.466 e. The molecule has 1 aromatic heterocycles. The fraction of sp³-hybridized carbons (Fsp3) is 0.233. The fourth-order valence-electron chi connectivity index (χ4n) is 3.66. The predicted molar refractivity (Wildman–Crippen MR) is 137 cm³/mol. The van der Waals surface area contributed by atoms with E-state index < -0.39 is 47.8 Å². The summed E-state index contributed by atoms with van der Waals surface area (Å²) in [7, 11) is 0. The molecule has 0 fully saturated rings. The predicted octanol–water partition coefficient (Wildman–Crippen LogP) is 6.27. The van der Waals surface area contributed by atoms with Gasteiger partial charge in [0.15, 0.2) is 5.76 Å². The van der Waals surface area contributed by atoms with E-state index in [1.165, 1.54) is 0 Å². The Hall–Kier alpha value is -4.19. The summed E-state index contributed by atoms with van der Waals surface area (Å²) in [5.41, 5.74) is 3.80. The number of hydrogen-bond donors (Lipinski definition) is 0. The van der Waals surface area contributed by atoms with Gasteiger partial charge in [0.05, 0.1) is 33.4 Å². The van der Waals surface area contributed by atoms with Crippen LogP contribution in [0, 0.1) is 6.92 Å². The van der Waals surface area contributed by atoms with Crippen LogP contribution in [0.25, 0.3) is 22.5 Å². The molecule has 6 heteroatoms. The van der Waals surface area contributed by atoms with E-state index in [-0.39, 0.29) is 18.8 Å². The summed E-state index contributed by atoms with van der Waals surface area (Å²) in [4.78, 5) is 24.7. The average molecular weight is 490 g/mol. The van der Waals surface area contributed by atoms with E-state index in [1.54, 1.807) is 13.8 Å². The molecule has 0 aliphatic heterocycles. The van der Waals surface area contributed by atoms with Crippen molar-refractivity contribution in [2.45, 2.75) is 39.7 Å². The summed E-state index contributed by atoms with van der Waals surface area (Å²) < 4.78 is 64.1. The molecule has 4 rings (SSSR count). The van der Waals surface area contributed by atoms with Crippen LogP contribution in [0.3, 0.4) is 0 Å². The Labute approximate surface area is 219 Å². The first-order valence-corrected chi connectivity index (χ1v) is 11.4. The molecule has 184 valence electrons. The number of esters is 2. The molecule has 0 radical (unpaired) electrons. The van der Waals surface area contributed by atoms with Crippen molar-refractivity contribution in [2.75, 3.05) is 6.61 Å². The molecule has 6 nitrogen and oxygen atoms in total. The number of nitrogens with zero attached hydrogens (tertiary/aromatic N) is 1. The average Bonchev–Trinajstić information content (AvgIpc) is 3.30. The third-order valence-electron chi connectivity index (χ3n) is 5.51. The first kappa shape index (κ1) is 18.1. The molecule has 1 unspecified atom stereocenters. The number of carbonyl (C=O) groups is 2. The molecule has 1 heterocycles. The molecule has 0 saturated heterocycles. The Morgan fingerprint density at radius 2 is 1.56 bits per heavy atom. The number of benzene rings is 3. The second-order valence-electron chi connectivity index (χ2n) is 8.04. The molecule has 3 aromatic carbocycles. The van der Waals surface area contributed by atoms with E-state index in [0.717, 1.165) is 23.6 Å². The first-order chi connectivity index (χ1) is 19.8. The minimum atomic E-state index is -2.25. The van der Waals surface area contributed by atoms with Crippen molar-refractivity contribution < 1.29 is 31.8 Å². The van der Waals surface area contributed by atoms with E-state index in [2.05, 4.69) is 5.16 Å². The van der Waals surface area contributed by atoms with E-state index in [1.807, 2.05) is 48.5 Å². The highest BCUT2D eigenvalue weighted by atomic mass is 16.5. The van der Waals surface area contributed by atoms with Crippen molar-refractivity contribution in [1.82, 2.24) is 5.16 Å². The Morgan fingerprint density at radius 1 is 0.944 bits per heavy atom. The second-order valence-corrected chi connectivity index (χ2v) is 8.04. The van der Waals surface area contributed by atoms with Gasteiger partial charge in [-0.2, -0.15) is 0 Å². The van der Waals surface area contributed by atoms with E-state index >= 15 is 0 Å². The van der Waals surface area contributed by atoms with Crippen LogP contribution in [0.2, 0.25) is 0 Å². The highest BCUT2D eigenvalue weighted by molar-refractivity contribution is 5.78. The molecule has 0 saturated carbocycles. The molecule has 0 aliphatic carbocycles. The number of hydrogen-bond acceptors (Lipinski definition) is 6. The molecule has 0 amide bonds. The number of aromatic nitrogens is 1. The number of ether oxygens (including phenoxy) is 2. The Kier molecular flexibility index (Phi) is 5.79. The van der Waals surface area contributed by atoms with Gasteiger partial charge in [0.2, 0.25) is 0 Å². The summed E-state index contributed by atoms with van der Waals surface area (Å²) >= 11 is 0. The second kappa shape index (κ2) is 11.5. The lowest BCUT2D eigenvalue weighted by Gasteiger charge is -2.13. The van der Waals surface area contributed by atoms with Gasteiger partial charge in [0, 0.05) is 11.1 Å². The van der Waals surface area contributed by atoms with Gasteiger partial charge >= 0.3 is 11.9 Å². The summed E-state index contributed by atoms with van der Waals surface area (Å²) in [6.45, 7) is 4.92. The van der Waals surface area contributed by atoms with Crippen LogP contribution in [0.4, 0.5) is 0 Å². The van der Waals surface area contributed by atoms with Crippen LogP contribution in [-0.2, 0) is 31.9 Å². The zero-order chi connectivity index (χ0) is 30.8. The first-order valence-electron chi connectivity index (χ1n) is 14.4. The highest BCUT2D eigenvalue weighted by Crippen LogP contribution is 2.30. The summed E-state index contributed by atoms with van der Waals surface area (Å²) in [6, 6.07) is 11.9.